The molecule has 2 heterocycles. The summed E-state index contributed by atoms with van der Waals surface area (Å²) >= 11 is 1.85. The third kappa shape index (κ3) is 5.45. The maximum Gasteiger partial charge on any atom is 0.164 e. The van der Waals surface area contributed by atoms with E-state index < -0.39 is 0 Å². The highest BCUT2D eigenvalue weighted by Crippen LogP contribution is 2.51. The summed E-state index contributed by atoms with van der Waals surface area (Å²) in [6.45, 7) is 0. The van der Waals surface area contributed by atoms with E-state index in [1.165, 1.54) is 64.7 Å². The third-order valence-electron chi connectivity index (χ3n) is 11.1. The molecule has 0 spiro atoms. The lowest BCUT2D eigenvalue weighted by Gasteiger charge is -2.15. The normalized spacial score (nSPS) is 13.2. The lowest BCUT2D eigenvalue weighted by Crippen LogP contribution is -2.02. The number of nitrogens with zero attached hydrogens (tertiary/aromatic N) is 3. The minimum Gasteiger partial charge on any atom is -0.208 e. The molecule has 1 aliphatic rings. The molecule has 2 aromatic heterocycles. The first-order chi connectivity index (χ1) is 27.8. The second-order valence-corrected chi connectivity index (χ2v) is 15.4. The van der Waals surface area contributed by atoms with Crippen LogP contribution in [0.15, 0.2) is 194 Å². The number of hydrogen-bond donors (Lipinski definition) is 0. The minimum absolute atomic E-state index is 0.131. The molecule has 4 heteroatoms. The Morgan fingerprint density at radius 1 is 0.339 bits per heavy atom. The number of rotatable bonds is 6. The van der Waals surface area contributed by atoms with Crippen molar-refractivity contribution in [3.8, 4) is 67.5 Å². The van der Waals surface area contributed by atoms with Crippen LogP contribution in [0.1, 0.15) is 22.6 Å². The van der Waals surface area contributed by atoms with Crippen LogP contribution in [0.25, 0.3) is 87.7 Å². The zero-order valence-electron chi connectivity index (χ0n) is 30.3. The van der Waals surface area contributed by atoms with Gasteiger partial charge in [0.25, 0.3) is 0 Å². The van der Waals surface area contributed by atoms with Crippen molar-refractivity contribution in [3.05, 3.63) is 211 Å². The Morgan fingerprint density at radius 3 is 1.62 bits per heavy atom. The zero-order valence-corrected chi connectivity index (χ0v) is 31.1. The summed E-state index contributed by atoms with van der Waals surface area (Å²) in [5.74, 6) is 2.09. The predicted molar refractivity (Wildman–Crippen MR) is 233 cm³/mol. The summed E-state index contributed by atoms with van der Waals surface area (Å²) in [6, 6.07) is 69.1. The minimum atomic E-state index is 0.131. The van der Waals surface area contributed by atoms with Crippen LogP contribution in [-0.2, 0) is 0 Å². The molecule has 1 aliphatic carbocycles. The van der Waals surface area contributed by atoms with Gasteiger partial charge in [-0.15, -0.1) is 11.3 Å². The van der Waals surface area contributed by atoms with Crippen LogP contribution in [0.3, 0.4) is 0 Å². The first-order valence-corrected chi connectivity index (χ1v) is 19.8. The summed E-state index contributed by atoms with van der Waals surface area (Å²) in [7, 11) is 0. The van der Waals surface area contributed by atoms with Gasteiger partial charge in [0.2, 0.25) is 0 Å². The Balaban J connectivity index is 1.06. The Bertz CT molecular complexity index is 3060. The summed E-state index contributed by atoms with van der Waals surface area (Å²) in [5.41, 5.74) is 13.9. The number of thiophene rings is 1. The molecule has 0 N–H and O–H groups in total. The van der Waals surface area contributed by atoms with Crippen molar-refractivity contribution >= 4 is 31.5 Å². The number of aromatic nitrogens is 3. The highest BCUT2D eigenvalue weighted by molar-refractivity contribution is 7.26. The van der Waals surface area contributed by atoms with Gasteiger partial charge < -0.3 is 0 Å². The van der Waals surface area contributed by atoms with Crippen molar-refractivity contribution in [1.82, 2.24) is 15.0 Å². The van der Waals surface area contributed by atoms with Gasteiger partial charge >= 0.3 is 0 Å². The van der Waals surface area contributed by atoms with E-state index in [1.807, 2.05) is 17.4 Å². The number of hydrogen-bond acceptors (Lipinski definition) is 4. The second kappa shape index (κ2) is 13.4. The molecule has 0 radical (unpaired) electrons. The van der Waals surface area contributed by atoms with Gasteiger partial charge in [-0.2, -0.15) is 0 Å². The largest absolute Gasteiger partial charge is 0.208 e. The van der Waals surface area contributed by atoms with E-state index in [0.29, 0.717) is 17.5 Å². The fourth-order valence-electron chi connectivity index (χ4n) is 8.42. The standard InChI is InChI=1S/C52H33N3S/c1-3-13-33(14-4-1)34-25-29-37(30-26-34)50-53-51(38-31-27-35(28-32-38)39-20-11-21-43-40-17-9-10-24-46(40)56-49(39)43)55-52(54-50)45-23-12-22-44-47(36-15-5-2-6-16-36)41-18-7-8-19-42(41)48(44)45/h1-32,47H. The molecular weight excluding hydrogens is 699 g/mol. The van der Waals surface area contributed by atoms with Crippen LogP contribution in [0.5, 0.6) is 0 Å². The van der Waals surface area contributed by atoms with E-state index in [1.54, 1.807) is 0 Å². The van der Waals surface area contributed by atoms with E-state index >= 15 is 0 Å². The predicted octanol–water partition coefficient (Wildman–Crippen LogP) is 13.7. The number of fused-ring (bicyclic) bond motifs is 6. The lowest BCUT2D eigenvalue weighted by atomic mass is 9.89. The average molecular weight is 732 g/mol. The molecule has 0 aliphatic heterocycles. The van der Waals surface area contributed by atoms with E-state index in [0.717, 1.165) is 22.3 Å². The maximum atomic E-state index is 5.27. The maximum absolute atomic E-state index is 5.27. The van der Waals surface area contributed by atoms with Crippen LogP contribution in [0.4, 0.5) is 0 Å². The summed E-state index contributed by atoms with van der Waals surface area (Å²) in [5, 5.41) is 2.60. The molecule has 1 unspecified atom stereocenters. The average Bonchev–Trinajstić information content (AvgIpc) is 3.83. The second-order valence-electron chi connectivity index (χ2n) is 14.3. The van der Waals surface area contributed by atoms with E-state index in [-0.39, 0.29) is 5.92 Å². The van der Waals surface area contributed by atoms with Gasteiger partial charge in [-0.3, -0.25) is 0 Å². The van der Waals surface area contributed by atoms with E-state index in [4.69, 9.17) is 15.0 Å². The monoisotopic (exact) mass is 731 g/mol. The molecule has 0 fully saturated rings. The van der Waals surface area contributed by atoms with Gasteiger partial charge in [-0.1, -0.05) is 188 Å². The van der Waals surface area contributed by atoms with Gasteiger partial charge in [0.15, 0.2) is 17.5 Å². The van der Waals surface area contributed by atoms with Gasteiger partial charge in [-0.25, -0.2) is 15.0 Å². The molecule has 1 atom stereocenters. The van der Waals surface area contributed by atoms with Gasteiger partial charge in [0.1, 0.15) is 0 Å². The van der Waals surface area contributed by atoms with E-state index in [9.17, 15) is 0 Å². The molecule has 11 rings (SSSR count). The fraction of sp³-hybridized carbons (Fsp3) is 0.0192. The van der Waals surface area contributed by atoms with Crippen LogP contribution in [0, 0.1) is 0 Å². The van der Waals surface area contributed by atoms with Crippen LogP contribution >= 0.6 is 11.3 Å². The van der Waals surface area contributed by atoms with Gasteiger partial charge in [0.05, 0.1) is 0 Å². The number of benzene rings is 8. The molecule has 10 aromatic rings. The highest BCUT2D eigenvalue weighted by atomic mass is 32.1. The molecule has 0 bridgehead atoms. The Labute approximate surface area is 329 Å². The molecule has 262 valence electrons. The van der Waals surface area contributed by atoms with Crippen molar-refractivity contribution in [2.24, 2.45) is 0 Å². The SMILES string of the molecule is c1ccc(-c2ccc(-c3nc(-c4ccc(-c5cccc6c5sc5ccccc56)cc4)nc(-c4cccc5c4-c4ccccc4C5c4ccccc4)n3)cc2)cc1. The first kappa shape index (κ1) is 32.4. The Morgan fingerprint density at radius 2 is 0.857 bits per heavy atom. The molecule has 56 heavy (non-hydrogen) atoms. The van der Waals surface area contributed by atoms with E-state index in [2.05, 4.69) is 188 Å². The topological polar surface area (TPSA) is 38.7 Å². The molecule has 0 amide bonds. The summed E-state index contributed by atoms with van der Waals surface area (Å²) in [4.78, 5) is 15.7. The van der Waals surface area contributed by atoms with Gasteiger partial charge in [-0.05, 0) is 56.1 Å². The van der Waals surface area contributed by atoms with Crippen molar-refractivity contribution in [1.29, 1.82) is 0 Å². The van der Waals surface area contributed by atoms with Crippen molar-refractivity contribution in [3.63, 3.8) is 0 Å². The molecule has 3 nitrogen and oxygen atoms in total. The van der Waals surface area contributed by atoms with Crippen molar-refractivity contribution in [2.45, 2.75) is 5.92 Å². The lowest BCUT2D eigenvalue weighted by molar-refractivity contribution is 1.01. The third-order valence-corrected chi connectivity index (χ3v) is 12.3. The van der Waals surface area contributed by atoms with Crippen LogP contribution in [-0.4, -0.2) is 15.0 Å². The molecule has 0 saturated heterocycles. The Kier molecular flexibility index (Phi) is 7.75. The molecule has 8 aromatic carbocycles. The van der Waals surface area contributed by atoms with Crippen molar-refractivity contribution < 1.29 is 0 Å². The van der Waals surface area contributed by atoms with Crippen LogP contribution < -0.4 is 0 Å². The fourth-order valence-corrected chi connectivity index (χ4v) is 9.65. The molecule has 0 saturated carbocycles. The summed E-state index contributed by atoms with van der Waals surface area (Å²) in [6.07, 6.45) is 0. The summed E-state index contributed by atoms with van der Waals surface area (Å²) < 4.78 is 2.61. The van der Waals surface area contributed by atoms with Crippen molar-refractivity contribution in [2.75, 3.05) is 0 Å². The zero-order chi connectivity index (χ0) is 37.0. The highest BCUT2D eigenvalue weighted by Gasteiger charge is 2.32. The smallest absolute Gasteiger partial charge is 0.164 e. The Hall–Kier alpha value is -7.01. The first-order valence-electron chi connectivity index (χ1n) is 19.0. The van der Waals surface area contributed by atoms with Crippen LogP contribution in [0.2, 0.25) is 0 Å². The van der Waals surface area contributed by atoms with Gasteiger partial charge in [0, 0.05) is 42.8 Å². The molecular formula is C52H33N3S. The quantitative estimate of drug-likeness (QED) is 0.171.